The predicted octanol–water partition coefficient (Wildman–Crippen LogP) is 4.27. The fraction of sp³-hybridized carbons (Fsp3) is 0.0833. The Morgan fingerprint density at radius 2 is 2.05 bits per heavy atom. The van der Waals surface area contributed by atoms with Crippen LogP contribution in [0.2, 0.25) is 15.2 Å². The number of hydrazone groups is 1. The largest absolute Gasteiger partial charge is 0.264 e. The molecule has 0 bridgehead atoms. The van der Waals surface area contributed by atoms with Crippen LogP contribution in [-0.4, -0.2) is 15.7 Å². The lowest BCUT2D eigenvalue weighted by Crippen LogP contribution is -2.01. The van der Waals surface area contributed by atoms with Crippen molar-refractivity contribution >= 4 is 46.3 Å². The highest BCUT2D eigenvalue weighted by Gasteiger charge is 2.07. The fourth-order valence-corrected chi connectivity index (χ4v) is 1.84. The second-order valence-electron chi connectivity index (χ2n) is 3.64. The smallest absolute Gasteiger partial charge is 0.166 e. The average Bonchev–Trinajstić information content (AvgIpc) is 2.42. The Hall–Kier alpha value is -1.36. The molecule has 0 radical (unpaired) electrons. The Kier molecular flexibility index (Phi) is 4.58. The highest BCUT2D eigenvalue weighted by Crippen LogP contribution is 2.28. The molecule has 4 nitrogen and oxygen atoms in total. The lowest BCUT2D eigenvalue weighted by molar-refractivity contribution is 1.21. The van der Waals surface area contributed by atoms with Crippen molar-refractivity contribution in [3.8, 4) is 0 Å². The molecule has 0 aromatic carbocycles. The van der Waals surface area contributed by atoms with Gasteiger partial charge in [0, 0.05) is 18.0 Å². The molecule has 0 saturated heterocycles. The third kappa shape index (κ3) is 3.56. The molecule has 19 heavy (non-hydrogen) atoms. The molecule has 2 aromatic heterocycles. The number of hydrogen-bond donors (Lipinski definition) is 1. The number of halogens is 3. The van der Waals surface area contributed by atoms with Gasteiger partial charge in [0.2, 0.25) is 0 Å². The Morgan fingerprint density at radius 1 is 1.26 bits per heavy atom. The van der Waals surface area contributed by atoms with Gasteiger partial charge in [0.15, 0.2) is 5.82 Å². The molecule has 0 saturated carbocycles. The second kappa shape index (κ2) is 6.19. The SMILES string of the molecule is CC(=NNc1nc(Cl)c(Cl)cc1Cl)c1cccnc1. The molecule has 98 valence electrons. The molecular weight excluding hydrogens is 307 g/mol. The zero-order chi connectivity index (χ0) is 13.8. The van der Waals surface area contributed by atoms with E-state index in [4.69, 9.17) is 34.8 Å². The van der Waals surface area contributed by atoms with Crippen LogP contribution in [-0.2, 0) is 0 Å². The van der Waals surface area contributed by atoms with E-state index in [9.17, 15) is 0 Å². The summed E-state index contributed by atoms with van der Waals surface area (Å²) in [7, 11) is 0. The zero-order valence-electron chi connectivity index (χ0n) is 9.86. The van der Waals surface area contributed by atoms with Crippen LogP contribution >= 0.6 is 34.8 Å². The van der Waals surface area contributed by atoms with Gasteiger partial charge in [0.25, 0.3) is 0 Å². The predicted molar refractivity (Wildman–Crippen MR) is 79.3 cm³/mol. The first-order chi connectivity index (χ1) is 9.08. The quantitative estimate of drug-likeness (QED) is 0.522. The summed E-state index contributed by atoms with van der Waals surface area (Å²) >= 11 is 17.6. The monoisotopic (exact) mass is 314 g/mol. The van der Waals surface area contributed by atoms with E-state index in [0.29, 0.717) is 15.9 Å². The molecule has 0 aliphatic heterocycles. The van der Waals surface area contributed by atoms with Crippen molar-refractivity contribution in [1.29, 1.82) is 0 Å². The van der Waals surface area contributed by atoms with Crippen LogP contribution in [0.3, 0.4) is 0 Å². The number of pyridine rings is 2. The van der Waals surface area contributed by atoms with E-state index >= 15 is 0 Å². The fourth-order valence-electron chi connectivity index (χ4n) is 1.30. The highest BCUT2D eigenvalue weighted by atomic mass is 35.5. The minimum atomic E-state index is 0.169. The van der Waals surface area contributed by atoms with E-state index in [1.165, 1.54) is 6.07 Å². The summed E-state index contributed by atoms with van der Waals surface area (Å²) < 4.78 is 0. The van der Waals surface area contributed by atoms with E-state index in [1.807, 2.05) is 19.1 Å². The van der Waals surface area contributed by atoms with Gasteiger partial charge in [0.05, 0.1) is 15.8 Å². The lowest BCUT2D eigenvalue weighted by atomic mass is 10.2. The normalized spacial score (nSPS) is 11.5. The van der Waals surface area contributed by atoms with Gasteiger partial charge in [-0.3, -0.25) is 10.4 Å². The summed E-state index contributed by atoms with van der Waals surface area (Å²) in [5.74, 6) is 0.347. The molecule has 0 fully saturated rings. The second-order valence-corrected chi connectivity index (χ2v) is 4.81. The summed E-state index contributed by atoms with van der Waals surface area (Å²) in [4.78, 5) is 8.02. The number of aromatic nitrogens is 2. The number of hydrogen-bond acceptors (Lipinski definition) is 4. The van der Waals surface area contributed by atoms with E-state index in [-0.39, 0.29) is 5.15 Å². The summed E-state index contributed by atoms with van der Waals surface area (Å²) in [5, 5.41) is 4.98. The number of anilines is 1. The molecule has 1 N–H and O–H groups in total. The number of nitrogens with zero attached hydrogens (tertiary/aromatic N) is 3. The van der Waals surface area contributed by atoms with Crippen molar-refractivity contribution in [2.75, 3.05) is 5.43 Å². The van der Waals surface area contributed by atoms with Gasteiger partial charge < -0.3 is 0 Å². The molecule has 2 aromatic rings. The summed E-state index contributed by atoms with van der Waals surface area (Å²) in [6.07, 6.45) is 3.41. The first-order valence-corrected chi connectivity index (χ1v) is 6.43. The van der Waals surface area contributed by atoms with Crippen molar-refractivity contribution < 1.29 is 0 Å². The molecule has 0 unspecified atom stereocenters. The van der Waals surface area contributed by atoms with Crippen LogP contribution in [0.1, 0.15) is 12.5 Å². The standard InChI is InChI=1S/C12H9Cl3N4/c1-7(8-3-2-4-16-6-8)18-19-12-10(14)5-9(13)11(15)17-12/h2-6H,1H3,(H,17,19). The molecule has 0 aliphatic rings. The average molecular weight is 316 g/mol. The van der Waals surface area contributed by atoms with Crippen LogP contribution in [0.15, 0.2) is 35.7 Å². The summed E-state index contributed by atoms with van der Waals surface area (Å²) in [6, 6.07) is 5.24. The number of rotatable bonds is 3. The lowest BCUT2D eigenvalue weighted by Gasteiger charge is -2.05. The molecule has 0 atom stereocenters. The van der Waals surface area contributed by atoms with Gasteiger partial charge in [-0.1, -0.05) is 40.9 Å². The topological polar surface area (TPSA) is 50.2 Å². The Morgan fingerprint density at radius 3 is 2.74 bits per heavy atom. The van der Waals surface area contributed by atoms with Crippen molar-refractivity contribution in [1.82, 2.24) is 9.97 Å². The van der Waals surface area contributed by atoms with Crippen LogP contribution in [0.25, 0.3) is 0 Å². The highest BCUT2D eigenvalue weighted by molar-refractivity contribution is 6.42. The Balaban J connectivity index is 2.21. The number of nitrogens with one attached hydrogen (secondary N) is 1. The first-order valence-electron chi connectivity index (χ1n) is 5.30. The van der Waals surface area contributed by atoms with E-state index in [2.05, 4.69) is 20.5 Å². The van der Waals surface area contributed by atoms with Crippen LogP contribution in [0, 0.1) is 0 Å². The van der Waals surface area contributed by atoms with E-state index in [1.54, 1.807) is 12.4 Å². The zero-order valence-corrected chi connectivity index (χ0v) is 12.1. The molecule has 0 aliphatic carbocycles. The van der Waals surface area contributed by atoms with E-state index < -0.39 is 0 Å². The summed E-state index contributed by atoms with van der Waals surface area (Å²) in [6.45, 7) is 1.84. The molecule has 7 heteroatoms. The van der Waals surface area contributed by atoms with Crippen LogP contribution in [0.4, 0.5) is 5.82 Å². The first kappa shape index (κ1) is 14.1. The van der Waals surface area contributed by atoms with Gasteiger partial charge >= 0.3 is 0 Å². The minimum absolute atomic E-state index is 0.169. The van der Waals surface area contributed by atoms with Gasteiger partial charge in [0.1, 0.15) is 5.15 Å². The van der Waals surface area contributed by atoms with Gasteiger partial charge in [-0.05, 0) is 19.1 Å². The third-order valence-corrected chi connectivity index (χ3v) is 3.26. The molecular formula is C12H9Cl3N4. The van der Waals surface area contributed by atoms with E-state index in [0.717, 1.165) is 11.3 Å². The maximum atomic E-state index is 5.98. The maximum Gasteiger partial charge on any atom is 0.166 e. The minimum Gasteiger partial charge on any atom is -0.264 e. The molecule has 0 spiro atoms. The Labute approximate surface area is 125 Å². The van der Waals surface area contributed by atoms with Crippen molar-refractivity contribution in [2.24, 2.45) is 5.10 Å². The third-order valence-electron chi connectivity index (χ3n) is 2.30. The molecule has 0 amide bonds. The van der Waals surface area contributed by atoms with Gasteiger partial charge in [-0.15, -0.1) is 0 Å². The van der Waals surface area contributed by atoms with Crippen molar-refractivity contribution in [2.45, 2.75) is 6.92 Å². The molecule has 2 heterocycles. The van der Waals surface area contributed by atoms with Crippen molar-refractivity contribution in [3.05, 3.63) is 51.4 Å². The van der Waals surface area contributed by atoms with Gasteiger partial charge in [-0.2, -0.15) is 5.10 Å². The summed E-state index contributed by atoms with van der Waals surface area (Å²) in [5.41, 5.74) is 4.40. The Bertz CT molecular complexity index is 614. The van der Waals surface area contributed by atoms with Crippen LogP contribution < -0.4 is 5.43 Å². The van der Waals surface area contributed by atoms with Crippen LogP contribution in [0.5, 0.6) is 0 Å². The van der Waals surface area contributed by atoms with Gasteiger partial charge in [-0.25, -0.2) is 4.98 Å². The molecule has 2 rings (SSSR count). The van der Waals surface area contributed by atoms with Crippen molar-refractivity contribution in [3.63, 3.8) is 0 Å². The maximum absolute atomic E-state index is 5.98.